The third kappa shape index (κ3) is 3.93. The monoisotopic (exact) mass is 395 g/mol. The van der Waals surface area contributed by atoms with Crippen molar-refractivity contribution < 1.29 is 10.0 Å². The second-order valence-electron chi connectivity index (χ2n) is 6.71. The number of aromatic nitrogens is 3. The van der Waals surface area contributed by atoms with Gasteiger partial charge in [0.05, 0.1) is 22.7 Å². The smallest absolute Gasteiger partial charge is 0.353 e. The maximum Gasteiger partial charge on any atom is 0.353 e. The summed E-state index contributed by atoms with van der Waals surface area (Å²) in [6, 6.07) is 9.38. The van der Waals surface area contributed by atoms with E-state index >= 15 is 0 Å². The zero-order valence-electron chi connectivity index (χ0n) is 15.7. The predicted octanol–water partition coefficient (Wildman–Crippen LogP) is 1.79. The van der Waals surface area contributed by atoms with Gasteiger partial charge in [0.15, 0.2) is 0 Å². The Hall–Kier alpha value is -3.37. The summed E-state index contributed by atoms with van der Waals surface area (Å²) in [7, 11) is 0. The highest BCUT2D eigenvalue weighted by molar-refractivity contribution is 5.92. The molecular formula is C19H21N7O3. The molecule has 1 fully saturated rings. The predicted molar refractivity (Wildman–Crippen MR) is 109 cm³/mol. The van der Waals surface area contributed by atoms with Crippen LogP contribution in [0.4, 0.5) is 23.0 Å². The largest absolute Gasteiger partial charge is 0.395 e. The molecule has 150 valence electrons. The van der Waals surface area contributed by atoms with Crippen molar-refractivity contribution in [2.24, 2.45) is 0 Å². The fourth-order valence-electron chi connectivity index (χ4n) is 3.52. The Kier molecular flexibility index (Phi) is 5.45. The van der Waals surface area contributed by atoms with Crippen LogP contribution in [-0.4, -0.2) is 69.2 Å². The van der Waals surface area contributed by atoms with Crippen LogP contribution in [0.2, 0.25) is 0 Å². The number of para-hydroxylation sites is 1. The van der Waals surface area contributed by atoms with Crippen molar-refractivity contribution in [3.05, 3.63) is 53.0 Å². The van der Waals surface area contributed by atoms with Crippen molar-refractivity contribution in [2.75, 3.05) is 49.5 Å². The third-order valence-electron chi connectivity index (χ3n) is 4.96. The van der Waals surface area contributed by atoms with E-state index in [1.54, 1.807) is 6.20 Å². The topological polar surface area (TPSA) is 121 Å². The number of aliphatic hydroxyl groups is 1. The van der Waals surface area contributed by atoms with Gasteiger partial charge in [-0.15, -0.1) is 0 Å². The standard InChI is InChI=1S/C19H21N7O3/c27-12-11-24-7-9-25(10-8-24)19-17(26(28)29)18(21-13-22-19)23-15-5-1-3-14-4-2-6-20-16(14)15/h1-6,13,27H,7-12H2,(H,21,22,23). The first kappa shape index (κ1) is 19.0. The molecule has 10 nitrogen and oxygen atoms in total. The SMILES string of the molecule is O=[N+]([O-])c1c(Nc2cccc3cccnc23)ncnc1N1CCN(CCO)CC1. The van der Waals surface area contributed by atoms with Crippen molar-refractivity contribution in [3.8, 4) is 0 Å². The molecule has 3 aromatic rings. The fourth-order valence-corrected chi connectivity index (χ4v) is 3.52. The second kappa shape index (κ2) is 8.33. The van der Waals surface area contributed by atoms with Crippen LogP contribution in [0.3, 0.4) is 0 Å². The van der Waals surface area contributed by atoms with E-state index in [1.807, 2.05) is 35.2 Å². The molecule has 10 heteroatoms. The average Bonchev–Trinajstić information content (AvgIpc) is 2.74. The lowest BCUT2D eigenvalue weighted by molar-refractivity contribution is -0.383. The lowest BCUT2D eigenvalue weighted by Gasteiger charge is -2.34. The molecule has 2 N–H and O–H groups in total. The number of nitrogens with zero attached hydrogens (tertiary/aromatic N) is 6. The van der Waals surface area contributed by atoms with Crippen LogP contribution in [0, 0.1) is 10.1 Å². The number of hydrogen-bond acceptors (Lipinski definition) is 9. The van der Waals surface area contributed by atoms with E-state index in [0.29, 0.717) is 49.7 Å². The Labute approximate surface area is 167 Å². The molecule has 1 aliphatic rings. The Morgan fingerprint density at radius 3 is 2.66 bits per heavy atom. The van der Waals surface area contributed by atoms with Gasteiger partial charge >= 0.3 is 5.69 Å². The number of nitrogens with one attached hydrogen (secondary N) is 1. The van der Waals surface area contributed by atoms with Crippen molar-refractivity contribution in [2.45, 2.75) is 0 Å². The molecule has 0 aliphatic carbocycles. The number of rotatable bonds is 6. The van der Waals surface area contributed by atoms with Crippen LogP contribution in [0.5, 0.6) is 0 Å². The summed E-state index contributed by atoms with van der Waals surface area (Å²) in [6.07, 6.45) is 3.02. The Bertz CT molecular complexity index is 1020. The van der Waals surface area contributed by atoms with Gasteiger partial charge in [-0.2, -0.15) is 0 Å². The number of fused-ring (bicyclic) bond motifs is 1. The number of nitro groups is 1. The Morgan fingerprint density at radius 1 is 1.10 bits per heavy atom. The maximum absolute atomic E-state index is 11.9. The van der Waals surface area contributed by atoms with Crippen molar-refractivity contribution in [3.63, 3.8) is 0 Å². The van der Waals surface area contributed by atoms with E-state index in [4.69, 9.17) is 5.11 Å². The lowest BCUT2D eigenvalue weighted by atomic mass is 10.2. The first-order chi connectivity index (χ1) is 14.2. The summed E-state index contributed by atoms with van der Waals surface area (Å²) in [5.74, 6) is 0.431. The number of anilines is 3. The highest BCUT2D eigenvalue weighted by atomic mass is 16.6. The van der Waals surface area contributed by atoms with E-state index in [-0.39, 0.29) is 18.1 Å². The van der Waals surface area contributed by atoms with Gasteiger partial charge in [-0.25, -0.2) is 9.97 Å². The number of pyridine rings is 1. The highest BCUT2D eigenvalue weighted by Crippen LogP contribution is 2.35. The Morgan fingerprint density at radius 2 is 1.90 bits per heavy atom. The maximum atomic E-state index is 11.9. The summed E-state index contributed by atoms with van der Waals surface area (Å²) in [6.45, 7) is 3.29. The molecule has 2 aromatic heterocycles. The minimum atomic E-state index is -0.448. The normalized spacial score (nSPS) is 14.9. The Balaban J connectivity index is 1.66. The van der Waals surface area contributed by atoms with Crippen molar-refractivity contribution in [1.82, 2.24) is 19.9 Å². The van der Waals surface area contributed by atoms with Crippen LogP contribution in [0.15, 0.2) is 42.9 Å². The van der Waals surface area contributed by atoms with E-state index in [1.165, 1.54) is 6.33 Å². The molecule has 1 saturated heterocycles. The van der Waals surface area contributed by atoms with Crippen LogP contribution in [0.1, 0.15) is 0 Å². The van der Waals surface area contributed by atoms with Crippen LogP contribution >= 0.6 is 0 Å². The summed E-state index contributed by atoms with van der Waals surface area (Å²) < 4.78 is 0. The van der Waals surface area contributed by atoms with Crippen LogP contribution in [0.25, 0.3) is 10.9 Å². The van der Waals surface area contributed by atoms with E-state index < -0.39 is 4.92 Å². The van der Waals surface area contributed by atoms with Gasteiger partial charge in [-0.05, 0) is 12.1 Å². The molecule has 0 amide bonds. The summed E-state index contributed by atoms with van der Waals surface area (Å²) in [4.78, 5) is 28.2. The van der Waals surface area contributed by atoms with Gasteiger partial charge in [0.2, 0.25) is 11.6 Å². The number of hydrogen-bond donors (Lipinski definition) is 2. The van der Waals surface area contributed by atoms with Gasteiger partial charge in [0.1, 0.15) is 6.33 Å². The van der Waals surface area contributed by atoms with E-state index in [0.717, 1.165) is 5.39 Å². The summed E-state index contributed by atoms with van der Waals surface area (Å²) in [5, 5.41) is 25.0. The molecule has 0 unspecified atom stereocenters. The van der Waals surface area contributed by atoms with Gasteiger partial charge in [0.25, 0.3) is 0 Å². The average molecular weight is 395 g/mol. The summed E-state index contributed by atoms with van der Waals surface area (Å²) in [5.41, 5.74) is 1.20. The lowest BCUT2D eigenvalue weighted by Crippen LogP contribution is -2.47. The number of piperazine rings is 1. The highest BCUT2D eigenvalue weighted by Gasteiger charge is 2.29. The van der Waals surface area contributed by atoms with Crippen LogP contribution in [-0.2, 0) is 0 Å². The molecule has 4 rings (SSSR count). The molecule has 1 aliphatic heterocycles. The number of benzene rings is 1. The number of β-amino-alcohol motifs (C(OH)–C–C–N with tert-alkyl or cyclic N) is 1. The molecule has 0 spiro atoms. The van der Waals surface area contributed by atoms with Gasteiger partial charge in [-0.3, -0.25) is 20.0 Å². The zero-order chi connectivity index (χ0) is 20.2. The van der Waals surface area contributed by atoms with E-state index in [9.17, 15) is 10.1 Å². The minimum Gasteiger partial charge on any atom is -0.395 e. The molecule has 29 heavy (non-hydrogen) atoms. The van der Waals surface area contributed by atoms with Crippen molar-refractivity contribution >= 4 is 33.9 Å². The third-order valence-corrected chi connectivity index (χ3v) is 4.96. The molecule has 0 atom stereocenters. The van der Waals surface area contributed by atoms with E-state index in [2.05, 4.69) is 25.2 Å². The molecule has 0 saturated carbocycles. The molecule has 1 aromatic carbocycles. The first-order valence-corrected chi connectivity index (χ1v) is 9.35. The quantitative estimate of drug-likeness (QED) is 0.475. The van der Waals surface area contributed by atoms with Gasteiger partial charge < -0.3 is 15.3 Å². The second-order valence-corrected chi connectivity index (χ2v) is 6.71. The van der Waals surface area contributed by atoms with Gasteiger partial charge in [-0.1, -0.05) is 18.2 Å². The van der Waals surface area contributed by atoms with Crippen molar-refractivity contribution in [1.29, 1.82) is 0 Å². The zero-order valence-corrected chi connectivity index (χ0v) is 15.7. The minimum absolute atomic E-state index is 0.0980. The fraction of sp³-hybridized carbons (Fsp3) is 0.316. The van der Waals surface area contributed by atoms with Crippen LogP contribution < -0.4 is 10.2 Å². The summed E-state index contributed by atoms with van der Waals surface area (Å²) >= 11 is 0. The molecular weight excluding hydrogens is 374 g/mol. The number of aliphatic hydroxyl groups excluding tert-OH is 1. The molecule has 3 heterocycles. The molecule has 0 radical (unpaired) electrons. The molecule has 0 bridgehead atoms. The van der Waals surface area contributed by atoms with Gasteiger partial charge in [0, 0.05) is 44.3 Å². The first-order valence-electron chi connectivity index (χ1n) is 9.35.